The maximum atomic E-state index is 11.4. The van der Waals surface area contributed by atoms with Crippen LogP contribution in [0.4, 0.5) is 0 Å². The van der Waals surface area contributed by atoms with Gasteiger partial charge in [-0.1, -0.05) is 21.1 Å². The van der Waals surface area contributed by atoms with Gasteiger partial charge in [0.15, 0.2) is 5.69 Å². The minimum absolute atomic E-state index is 0.235. The number of hydroxylamine groups is 2. The van der Waals surface area contributed by atoms with E-state index in [1.807, 2.05) is 0 Å². The number of hydrogen-bond donors (Lipinski definition) is 0. The minimum atomic E-state index is -0.335. The molecule has 0 fully saturated rings. The topological polar surface area (TPSA) is 55.6 Å². The number of hydrogen-bond acceptors (Lipinski definition) is 4. The summed E-state index contributed by atoms with van der Waals surface area (Å²) < 4.78 is 4.83. The first-order chi connectivity index (χ1) is 6.19. The van der Waals surface area contributed by atoms with Crippen LogP contribution in [0.3, 0.4) is 0 Å². The van der Waals surface area contributed by atoms with Gasteiger partial charge in [-0.25, -0.2) is 5.06 Å². The van der Waals surface area contributed by atoms with Gasteiger partial charge in [-0.15, -0.1) is 0 Å². The van der Waals surface area contributed by atoms with E-state index in [1.165, 1.54) is 14.2 Å². The van der Waals surface area contributed by atoms with E-state index < -0.39 is 0 Å². The Morgan fingerprint density at radius 1 is 1.85 bits per heavy atom. The largest absolute Gasteiger partial charge is 0.360 e. The highest BCUT2D eigenvalue weighted by Gasteiger charge is 2.16. The van der Waals surface area contributed by atoms with Gasteiger partial charge in [-0.3, -0.25) is 9.63 Å². The highest BCUT2D eigenvalue weighted by atomic mass is 79.9. The molecule has 0 aliphatic heterocycles. The van der Waals surface area contributed by atoms with Crippen molar-refractivity contribution in [1.29, 1.82) is 0 Å². The number of carbonyl (C=O) groups excluding carboxylic acids is 1. The fourth-order valence-corrected chi connectivity index (χ4v) is 0.985. The Hall–Kier alpha value is -0.880. The van der Waals surface area contributed by atoms with E-state index in [0.717, 1.165) is 5.06 Å². The molecule has 6 heteroatoms. The molecule has 0 atom stereocenters. The maximum Gasteiger partial charge on any atom is 0.299 e. The molecule has 1 rings (SSSR count). The van der Waals surface area contributed by atoms with Gasteiger partial charge in [0, 0.05) is 13.1 Å². The van der Waals surface area contributed by atoms with Gasteiger partial charge >= 0.3 is 0 Å². The second kappa shape index (κ2) is 4.38. The van der Waals surface area contributed by atoms with Gasteiger partial charge in [-0.05, 0) is 0 Å². The van der Waals surface area contributed by atoms with Crippen molar-refractivity contribution in [2.24, 2.45) is 0 Å². The first kappa shape index (κ1) is 10.2. The number of nitrogens with zero attached hydrogens (tertiary/aromatic N) is 2. The average molecular weight is 249 g/mol. The third-order valence-electron chi connectivity index (χ3n) is 1.47. The summed E-state index contributed by atoms with van der Waals surface area (Å²) in [7, 11) is 2.91. The molecule has 1 aromatic rings. The van der Waals surface area contributed by atoms with E-state index in [1.54, 1.807) is 6.07 Å². The SMILES string of the molecule is CON(C)C(=O)c1cc(CBr)on1. The highest BCUT2D eigenvalue weighted by Crippen LogP contribution is 2.09. The lowest BCUT2D eigenvalue weighted by Gasteiger charge is -2.10. The summed E-state index contributed by atoms with van der Waals surface area (Å²) in [5.41, 5.74) is 0.235. The van der Waals surface area contributed by atoms with Gasteiger partial charge in [-0.2, -0.15) is 0 Å². The monoisotopic (exact) mass is 248 g/mol. The van der Waals surface area contributed by atoms with Gasteiger partial charge in [0.2, 0.25) is 0 Å². The van der Waals surface area contributed by atoms with Crippen molar-refractivity contribution >= 4 is 21.8 Å². The summed E-state index contributed by atoms with van der Waals surface area (Å²) in [4.78, 5) is 16.1. The molecule has 0 saturated heterocycles. The molecule has 0 N–H and O–H groups in total. The van der Waals surface area contributed by atoms with Gasteiger partial charge in [0.05, 0.1) is 12.4 Å². The molecule has 0 saturated carbocycles. The van der Waals surface area contributed by atoms with Crippen molar-refractivity contribution in [2.45, 2.75) is 5.33 Å². The summed E-state index contributed by atoms with van der Waals surface area (Å²) >= 11 is 3.18. The number of carbonyl (C=O) groups is 1. The molecular formula is C7H9BrN2O3. The van der Waals surface area contributed by atoms with Crippen molar-refractivity contribution in [3.05, 3.63) is 17.5 Å². The quantitative estimate of drug-likeness (QED) is 0.596. The second-order valence-electron chi connectivity index (χ2n) is 2.30. The molecule has 0 aliphatic carbocycles. The van der Waals surface area contributed by atoms with Crippen LogP contribution in [0.2, 0.25) is 0 Å². The summed E-state index contributed by atoms with van der Waals surface area (Å²) in [6.45, 7) is 0. The third-order valence-corrected chi connectivity index (χ3v) is 2.02. The number of alkyl halides is 1. The summed E-state index contributed by atoms with van der Waals surface area (Å²) in [6, 6.07) is 1.56. The van der Waals surface area contributed by atoms with Crippen molar-refractivity contribution in [2.75, 3.05) is 14.2 Å². The predicted molar refractivity (Wildman–Crippen MR) is 48.2 cm³/mol. The average Bonchev–Trinajstić information content (AvgIpc) is 2.63. The van der Waals surface area contributed by atoms with Crippen molar-refractivity contribution < 1.29 is 14.2 Å². The maximum absolute atomic E-state index is 11.4. The molecule has 13 heavy (non-hydrogen) atoms. The fourth-order valence-electron chi connectivity index (χ4n) is 0.721. The molecule has 0 radical (unpaired) electrons. The standard InChI is InChI=1S/C7H9BrN2O3/c1-10(12-2)7(11)6-3-5(4-8)13-9-6/h3H,4H2,1-2H3. The van der Waals surface area contributed by atoms with Crippen LogP contribution >= 0.6 is 15.9 Å². The van der Waals surface area contributed by atoms with E-state index in [4.69, 9.17) is 9.36 Å². The normalized spacial score (nSPS) is 10.1. The molecule has 0 unspecified atom stereocenters. The summed E-state index contributed by atoms with van der Waals surface area (Å²) in [5, 5.41) is 5.19. The lowest BCUT2D eigenvalue weighted by atomic mass is 10.3. The smallest absolute Gasteiger partial charge is 0.299 e. The Morgan fingerprint density at radius 3 is 3.00 bits per heavy atom. The Kier molecular flexibility index (Phi) is 3.44. The first-order valence-electron chi connectivity index (χ1n) is 3.52. The molecule has 0 spiro atoms. The molecule has 0 aromatic carbocycles. The Bertz CT molecular complexity index is 300. The summed E-state index contributed by atoms with van der Waals surface area (Å²) in [6.07, 6.45) is 0. The Balaban J connectivity index is 2.77. The van der Waals surface area contributed by atoms with Gasteiger partial charge in [0.25, 0.3) is 5.91 Å². The zero-order chi connectivity index (χ0) is 9.84. The molecule has 5 nitrogen and oxygen atoms in total. The van der Waals surface area contributed by atoms with Crippen molar-refractivity contribution in [3.8, 4) is 0 Å². The molecule has 72 valence electrons. The number of halogens is 1. The van der Waals surface area contributed by atoms with Crippen molar-refractivity contribution in [1.82, 2.24) is 10.2 Å². The van der Waals surface area contributed by atoms with Crippen LogP contribution in [-0.4, -0.2) is 30.3 Å². The van der Waals surface area contributed by atoms with E-state index >= 15 is 0 Å². The van der Waals surface area contributed by atoms with E-state index in [2.05, 4.69) is 21.1 Å². The van der Waals surface area contributed by atoms with E-state index in [0.29, 0.717) is 11.1 Å². The van der Waals surface area contributed by atoms with Crippen LogP contribution < -0.4 is 0 Å². The van der Waals surface area contributed by atoms with Gasteiger partial charge < -0.3 is 4.52 Å². The van der Waals surface area contributed by atoms with Gasteiger partial charge in [0.1, 0.15) is 5.76 Å². The van der Waals surface area contributed by atoms with Crippen LogP contribution in [0.15, 0.2) is 10.6 Å². The minimum Gasteiger partial charge on any atom is -0.360 e. The van der Waals surface area contributed by atoms with Crippen LogP contribution in [0.1, 0.15) is 16.2 Å². The molecule has 1 aromatic heterocycles. The number of amides is 1. The first-order valence-corrected chi connectivity index (χ1v) is 4.65. The van der Waals surface area contributed by atoms with Crippen LogP contribution in [0.5, 0.6) is 0 Å². The molecule has 0 aliphatic rings. The Morgan fingerprint density at radius 2 is 2.54 bits per heavy atom. The number of rotatable bonds is 3. The lowest BCUT2D eigenvalue weighted by Crippen LogP contribution is -2.25. The number of aromatic nitrogens is 1. The molecule has 0 bridgehead atoms. The fraction of sp³-hybridized carbons (Fsp3) is 0.429. The molecular weight excluding hydrogens is 240 g/mol. The zero-order valence-corrected chi connectivity index (χ0v) is 8.87. The lowest BCUT2D eigenvalue weighted by molar-refractivity contribution is -0.0762. The third kappa shape index (κ3) is 2.28. The van der Waals surface area contributed by atoms with Crippen LogP contribution in [-0.2, 0) is 10.2 Å². The highest BCUT2D eigenvalue weighted by molar-refractivity contribution is 9.08. The van der Waals surface area contributed by atoms with E-state index in [9.17, 15) is 4.79 Å². The van der Waals surface area contributed by atoms with Crippen LogP contribution in [0.25, 0.3) is 0 Å². The second-order valence-corrected chi connectivity index (χ2v) is 2.86. The zero-order valence-electron chi connectivity index (χ0n) is 7.28. The molecule has 1 heterocycles. The predicted octanol–water partition coefficient (Wildman–Crippen LogP) is 1.20. The van der Waals surface area contributed by atoms with Crippen LogP contribution in [0, 0.1) is 0 Å². The van der Waals surface area contributed by atoms with E-state index in [-0.39, 0.29) is 11.6 Å². The van der Waals surface area contributed by atoms with Crippen molar-refractivity contribution in [3.63, 3.8) is 0 Å². The summed E-state index contributed by atoms with van der Waals surface area (Å²) in [5.74, 6) is 0.270. The Labute approximate surface area is 83.7 Å². The molecule has 1 amide bonds.